The lowest BCUT2D eigenvalue weighted by Crippen LogP contribution is -2.44. The fraction of sp³-hybridized carbons (Fsp3) is 0.900. The minimum Gasteiger partial charge on any atom is -0.465 e. The molecule has 178 valence electrons. The predicted octanol–water partition coefficient (Wildman–Crippen LogP) is 3.55. The van der Waals surface area contributed by atoms with E-state index in [0.717, 1.165) is 0 Å². The quantitative estimate of drug-likeness (QED) is 0.183. The van der Waals surface area contributed by atoms with Crippen LogP contribution in [0.1, 0.15) is 54.9 Å². The molecule has 0 radical (unpaired) electrons. The van der Waals surface area contributed by atoms with Crippen LogP contribution in [0.5, 0.6) is 0 Å². The van der Waals surface area contributed by atoms with Crippen LogP contribution in [0.15, 0.2) is 0 Å². The van der Waals surface area contributed by atoms with Crippen LogP contribution in [0.25, 0.3) is 0 Å². The largest absolute Gasteiger partial charge is 0.465 e. The first-order valence-corrected chi connectivity index (χ1v) is 11.5. The second kappa shape index (κ2) is 13.3. The summed E-state index contributed by atoms with van der Waals surface area (Å²) in [5.74, 6) is -1.15. The van der Waals surface area contributed by atoms with Crippen molar-refractivity contribution >= 4 is 43.8 Å². The van der Waals surface area contributed by atoms with E-state index in [-0.39, 0.29) is 19.8 Å². The van der Waals surface area contributed by atoms with Gasteiger partial charge in [0.25, 0.3) is 0 Å². The van der Waals surface area contributed by atoms with Crippen molar-refractivity contribution in [3.8, 4) is 0 Å². The zero-order chi connectivity index (χ0) is 23.6. The number of alkyl halides is 2. The van der Waals surface area contributed by atoms with Crippen molar-refractivity contribution in [2.45, 2.75) is 76.1 Å². The Bertz CT molecular complexity index is 524. The lowest BCUT2D eigenvalue weighted by molar-refractivity contribution is -0.184. The molecule has 0 aliphatic carbocycles. The predicted molar refractivity (Wildman–Crippen MR) is 120 cm³/mol. The molecule has 30 heavy (non-hydrogen) atoms. The van der Waals surface area contributed by atoms with Gasteiger partial charge in [0.05, 0.1) is 17.5 Å². The minimum atomic E-state index is -1.32. The lowest BCUT2D eigenvalue weighted by atomic mass is 9.93. The highest BCUT2D eigenvalue weighted by Gasteiger charge is 2.40. The fourth-order valence-corrected chi connectivity index (χ4v) is 2.27. The monoisotopic (exact) mass is 562 g/mol. The van der Waals surface area contributed by atoms with Crippen LogP contribution in [0.3, 0.4) is 0 Å². The van der Waals surface area contributed by atoms with Gasteiger partial charge in [-0.2, -0.15) is 0 Å². The molecule has 2 atom stereocenters. The highest BCUT2D eigenvalue weighted by Crippen LogP contribution is 2.27. The number of halogens is 2. The van der Waals surface area contributed by atoms with Crippen LogP contribution in [0.2, 0.25) is 0 Å². The van der Waals surface area contributed by atoms with Crippen molar-refractivity contribution in [3.05, 3.63) is 0 Å². The van der Waals surface area contributed by atoms with Crippen LogP contribution in [0.4, 0.5) is 0 Å². The molecule has 0 heterocycles. The molecule has 2 unspecified atom stereocenters. The summed E-state index contributed by atoms with van der Waals surface area (Å²) in [7, 11) is 0. The summed E-state index contributed by atoms with van der Waals surface area (Å²) in [6.07, 6.45) is -1.30. The third-order valence-electron chi connectivity index (χ3n) is 3.94. The van der Waals surface area contributed by atoms with Crippen LogP contribution >= 0.6 is 31.9 Å². The van der Waals surface area contributed by atoms with Crippen molar-refractivity contribution in [3.63, 3.8) is 0 Å². The Morgan fingerprint density at radius 3 is 1.83 bits per heavy atom. The van der Waals surface area contributed by atoms with E-state index in [1.54, 1.807) is 34.6 Å². The maximum atomic E-state index is 12.8. The normalized spacial score (nSPS) is 15.6. The van der Waals surface area contributed by atoms with Gasteiger partial charge in [0.2, 0.25) is 0 Å². The first kappa shape index (κ1) is 29.7. The topological polar surface area (TPSA) is 101 Å². The summed E-state index contributed by atoms with van der Waals surface area (Å²) >= 11 is 6.54. The molecule has 0 spiro atoms. The highest BCUT2D eigenvalue weighted by atomic mass is 79.9. The molecular weight excluding hydrogens is 528 g/mol. The summed E-state index contributed by atoms with van der Waals surface area (Å²) in [6.45, 7) is 12.5. The first-order chi connectivity index (χ1) is 13.7. The van der Waals surface area contributed by atoms with Gasteiger partial charge in [0, 0.05) is 19.6 Å². The van der Waals surface area contributed by atoms with Crippen LogP contribution < -0.4 is 0 Å². The standard InChI is InChI=1S/C20H36Br2O8/c1-8-26-14(27-9-2)10-11-28-17(25)20(7,12-29-15(23)18(3,4)21)13-30-16(24)19(5,6)22/h14-15,23H,8-13H2,1-7H3. The Labute approximate surface area is 196 Å². The minimum absolute atomic E-state index is 0.0590. The van der Waals surface area contributed by atoms with E-state index in [1.165, 1.54) is 0 Å². The van der Waals surface area contributed by atoms with Gasteiger partial charge in [-0.3, -0.25) is 9.59 Å². The molecule has 0 aromatic heterocycles. The van der Waals surface area contributed by atoms with Crippen molar-refractivity contribution in [1.82, 2.24) is 0 Å². The molecule has 0 rings (SSSR count). The molecule has 0 fully saturated rings. The summed E-state index contributed by atoms with van der Waals surface area (Å²) in [5.41, 5.74) is -1.32. The van der Waals surface area contributed by atoms with Crippen LogP contribution in [-0.2, 0) is 33.3 Å². The van der Waals surface area contributed by atoms with Crippen LogP contribution in [-0.4, -0.2) is 71.3 Å². The maximum Gasteiger partial charge on any atom is 0.322 e. The smallest absolute Gasteiger partial charge is 0.322 e. The Balaban J connectivity index is 5.10. The number of hydrogen-bond acceptors (Lipinski definition) is 8. The Hall–Kier alpha value is -0.260. The van der Waals surface area contributed by atoms with E-state index >= 15 is 0 Å². The number of aliphatic hydroxyl groups is 1. The molecule has 0 aromatic rings. The van der Waals surface area contributed by atoms with Gasteiger partial charge in [-0.15, -0.1) is 0 Å². The van der Waals surface area contributed by atoms with Gasteiger partial charge in [-0.25, -0.2) is 0 Å². The van der Waals surface area contributed by atoms with Crippen molar-refractivity contribution in [2.75, 3.05) is 33.0 Å². The Morgan fingerprint density at radius 2 is 1.40 bits per heavy atom. The number of carbonyl (C=O) groups excluding carboxylic acids is 2. The van der Waals surface area contributed by atoms with E-state index in [1.807, 2.05) is 13.8 Å². The van der Waals surface area contributed by atoms with E-state index in [4.69, 9.17) is 23.7 Å². The SMILES string of the molecule is CCOC(CCOC(=O)C(C)(COC(=O)C(C)(C)Br)COC(O)C(C)(C)Br)OCC. The summed E-state index contributed by atoms with van der Waals surface area (Å²) in [4.78, 5) is 24.9. The second-order valence-corrected chi connectivity index (χ2v) is 12.1. The number of esters is 2. The van der Waals surface area contributed by atoms with Crippen molar-refractivity contribution in [1.29, 1.82) is 0 Å². The van der Waals surface area contributed by atoms with E-state index < -0.39 is 38.6 Å². The highest BCUT2D eigenvalue weighted by molar-refractivity contribution is 9.10. The lowest BCUT2D eigenvalue weighted by Gasteiger charge is -2.31. The zero-order valence-corrected chi connectivity index (χ0v) is 22.1. The van der Waals surface area contributed by atoms with Gasteiger partial charge < -0.3 is 28.8 Å². The van der Waals surface area contributed by atoms with Gasteiger partial charge in [0.15, 0.2) is 12.6 Å². The number of rotatable bonds is 15. The van der Waals surface area contributed by atoms with Gasteiger partial charge in [0.1, 0.15) is 16.3 Å². The van der Waals surface area contributed by atoms with Gasteiger partial charge >= 0.3 is 11.9 Å². The fourth-order valence-electron chi connectivity index (χ4n) is 2.03. The molecule has 0 aromatic carbocycles. The molecule has 0 saturated heterocycles. The molecular formula is C20H36Br2O8. The Kier molecular flexibility index (Phi) is 13.2. The first-order valence-electron chi connectivity index (χ1n) is 9.92. The second-order valence-electron chi connectivity index (χ2n) is 8.10. The number of aliphatic hydroxyl groups excluding tert-OH is 1. The summed E-state index contributed by atoms with van der Waals surface area (Å²) < 4.78 is 25.4. The third-order valence-corrected chi connectivity index (χ3v) is 4.65. The maximum absolute atomic E-state index is 12.8. The van der Waals surface area contributed by atoms with Gasteiger partial charge in [-0.05, 0) is 48.5 Å². The molecule has 0 bridgehead atoms. The number of ether oxygens (including phenoxy) is 5. The molecule has 1 N–H and O–H groups in total. The zero-order valence-electron chi connectivity index (χ0n) is 19.0. The summed E-state index contributed by atoms with van der Waals surface area (Å²) in [6, 6.07) is 0. The van der Waals surface area contributed by atoms with Crippen molar-refractivity contribution in [2.24, 2.45) is 5.41 Å². The number of hydrogen-bond donors (Lipinski definition) is 1. The molecule has 0 amide bonds. The molecule has 0 aliphatic rings. The molecule has 0 saturated carbocycles. The molecule has 10 heteroatoms. The molecule has 0 aliphatic heterocycles. The Morgan fingerprint density at radius 1 is 0.867 bits per heavy atom. The third kappa shape index (κ3) is 11.4. The van der Waals surface area contributed by atoms with E-state index in [2.05, 4.69) is 31.9 Å². The van der Waals surface area contributed by atoms with Gasteiger partial charge in [-0.1, -0.05) is 31.9 Å². The number of carbonyl (C=O) groups is 2. The average Bonchev–Trinajstić information content (AvgIpc) is 2.62. The van der Waals surface area contributed by atoms with E-state index in [9.17, 15) is 14.7 Å². The van der Waals surface area contributed by atoms with Crippen LogP contribution in [0, 0.1) is 5.41 Å². The molecule has 8 nitrogen and oxygen atoms in total. The average molecular weight is 564 g/mol. The van der Waals surface area contributed by atoms with E-state index in [0.29, 0.717) is 19.6 Å². The summed E-state index contributed by atoms with van der Waals surface area (Å²) in [5, 5.41) is 10.1. The van der Waals surface area contributed by atoms with Crippen molar-refractivity contribution < 1.29 is 38.4 Å².